The number of amides is 1. The van der Waals surface area contributed by atoms with E-state index in [-0.39, 0.29) is 24.2 Å². The molecule has 1 fully saturated rings. The predicted molar refractivity (Wildman–Crippen MR) is 88.5 cm³/mol. The third kappa shape index (κ3) is 3.33. The van der Waals surface area contributed by atoms with Crippen molar-refractivity contribution in [2.75, 3.05) is 20.2 Å². The second-order valence-electron chi connectivity index (χ2n) is 6.23. The summed E-state index contributed by atoms with van der Waals surface area (Å²) in [7, 11) is 1.54. The molecule has 1 saturated heterocycles. The fraction of sp³-hybridized carbons (Fsp3) is 0.412. The van der Waals surface area contributed by atoms with E-state index < -0.39 is 5.97 Å². The summed E-state index contributed by atoms with van der Waals surface area (Å²) in [5.41, 5.74) is 2.04. The van der Waals surface area contributed by atoms with Gasteiger partial charge in [-0.25, -0.2) is 0 Å². The zero-order chi connectivity index (χ0) is 18.0. The maximum absolute atomic E-state index is 13.0. The second-order valence-corrected chi connectivity index (χ2v) is 6.23. The molecular weight excluding hydrogens is 324 g/mol. The van der Waals surface area contributed by atoms with Crippen molar-refractivity contribution in [3.05, 3.63) is 41.2 Å². The number of nitrogens with one attached hydrogen (secondary N) is 1. The van der Waals surface area contributed by atoms with Gasteiger partial charge >= 0.3 is 5.97 Å². The number of nitrogens with zero attached hydrogens (tertiary/aromatic N) is 3. The average molecular weight is 344 g/mol. The summed E-state index contributed by atoms with van der Waals surface area (Å²) < 4.78 is 5.38. The van der Waals surface area contributed by atoms with Crippen LogP contribution in [0.5, 0.6) is 5.75 Å². The topological polar surface area (TPSA) is 108 Å². The Bertz CT molecular complexity index is 775. The smallest absolute Gasteiger partial charge is 0.303 e. The van der Waals surface area contributed by atoms with Gasteiger partial charge in [-0.15, -0.1) is 0 Å². The Kier molecular flexibility index (Phi) is 4.69. The monoisotopic (exact) mass is 344 g/mol. The van der Waals surface area contributed by atoms with Gasteiger partial charge in [-0.1, -0.05) is 12.1 Å². The molecule has 0 aliphatic carbocycles. The number of benzene rings is 1. The van der Waals surface area contributed by atoms with Crippen molar-refractivity contribution in [2.45, 2.75) is 19.3 Å². The van der Waals surface area contributed by atoms with Crippen LogP contribution < -0.4 is 4.74 Å². The predicted octanol–water partition coefficient (Wildman–Crippen LogP) is 1.45. The number of carbonyl (C=O) groups is 2. The Labute approximate surface area is 144 Å². The number of aromatic nitrogens is 3. The molecule has 0 radical (unpaired) electrons. The van der Waals surface area contributed by atoms with Crippen LogP contribution in [0.4, 0.5) is 0 Å². The summed E-state index contributed by atoms with van der Waals surface area (Å²) in [6, 6.07) is 5.42. The highest BCUT2D eigenvalue weighted by Crippen LogP contribution is 2.35. The van der Waals surface area contributed by atoms with Crippen LogP contribution in [0.1, 0.15) is 34.0 Å². The first-order chi connectivity index (χ1) is 12.0. The van der Waals surface area contributed by atoms with Gasteiger partial charge in [0.1, 0.15) is 5.75 Å². The largest absolute Gasteiger partial charge is 0.496 e. The summed E-state index contributed by atoms with van der Waals surface area (Å²) in [5, 5.41) is 19.6. The van der Waals surface area contributed by atoms with E-state index >= 15 is 0 Å². The zero-order valence-corrected chi connectivity index (χ0v) is 14.1. The molecule has 1 aliphatic rings. The maximum Gasteiger partial charge on any atom is 0.303 e. The van der Waals surface area contributed by atoms with Crippen molar-refractivity contribution >= 4 is 11.9 Å². The number of hydrogen-bond donors (Lipinski definition) is 2. The molecule has 132 valence electrons. The molecule has 2 aromatic rings. The lowest BCUT2D eigenvalue weighted by atomic mass is 9.91. The number of rotatable bonds is 5. The van der Waals surface area contributed by atoms with E-state index in [2.05, 4.69) is 15.4 Å². The molecule has 1 aromatic heterocycles. The van der Waals surface area contributed by atoms with E-state index in [1.165, 1.54) is 7.11 Å². The lowest BCUT2D eigenvalue weighted by molar-refractivity contribution is -0.138. The maximum atomic E-state index is 13.0. The molecule has 0 bridgehead atoms. The number of ether oxygens (including phenoxy) is 1. The Morgan fingerprint density at radius 1 is 1.40 bits per heavy atom. The summed E-state index contributed by atoms with van der Waals surface area (Å²) >= 11 is 0. The molecule has 0 spiro atoms. The van der Waals surface area contributed by atoms with Gasteiger partial charge in [-0.05, 0) is 24.5 Å². The van der Waals surface area contributed by atoms with Crippen LogP contribution in [-0.2, 0) is 4.79 Å². The number of carbonyl (C=O) groups excluding carboxylic acids is 1. The van der Waals surface area contributed by atoms with Gasteiger partial charge < -0.3 is 14.7 Å². The average Bonchev–Trinajstić information content (AvgIpc) is 3.22. The van der Waals surface area contributed by atoms with Gasteiger partial charge in [-0.3, -0.25) is 9.59 Å². The number of methoxy groups -OCH3 is 1. The molecule has 0 unspecified atom stereocenters. The van der Waals surface area contributed by atoms with Gasteiger partial charge in [0.15, 0.2) is 0 Å². The standard InChI is InChI=1S/C17H20N4O4/c1-10-4-3-5-12(16(10)25-2)17(24)21-8-11(6-15(22)23)13(9-21)14-7-18-20-19-14/h3-5,7,11,13H,6,8-9H2,1-2H3,(H,22,23)(H,18,19,20)/t11-,13+/m1/s1. The van der Waals surface area contributed by atoms with E-state index in [1.54, 1.807) is 17.2 Å². The minimum atomic E-state index is -0.888. The summed E-state index contributed by atoms with van der Waals surface area (Å²) in [6.45, 7) is 2.64. The first-order valence-corrected chi connectivity index (χ1v) is 8.01. The minimum Gasteiger partial charge on any atom is -0.496 e. The molecular formula is C17H20N4O4. The van der Waals surface area contributed by atoms with Crippen LogP contribution in [0, 0.1) is 12.8 Å². The lowest BCUT2D eigenvalue weighted by Gasteiger charge is -2.19. The molecule has 2 atom stereocenters. The van der Waals surface area contributed by atoms with Crippen molar-refractivity contribution in [3.8, 4) is 5.75 Å². The third-order valence-corrected chi connectivity index (χ3v) is 4.63. The molecule has 1 aliphatic heterocycles. The van der Waals surface area contributed by atoms with Crippen LogP contribution in [0.15, 0.2) is 24.4 Å². The van der Waals surface area contributed by atoms with E-state index in [9.17, 15) is 14.7 Å². The Balaban J connectivity index is 1.87. The Hall–Kier alpha value is -2.90. The van der Waals surface area contributed by atoms with Crippen LogP contribution in [0.3, 0.4) is 0 Å². The summed E-state index contributed by atoms with van der Waals surface area (Å²) in [5.74, 6) is -0.869. The van der Waals surface area contributed by atoms with Crippen molar-refractivity contribution in [2.24, 2.45) is 5.92 Å². The molecule has 25 heavy (non-hydrogen) atoms. The third-order valence-electron chi connectivity index (χ3n) is 4.63. The number of aliphatic carboxylic acids is 1. The Morgan fingerprint density at radius 2 is 2.20 bits per heavy atom. The number of aryl methyl sites for hydroxylation is 1. The number of H-pyrrole nitrogens is 1. The fourth-order valence-corrected chi connectivity index (χ4v) is 3.45. The first kappa shape index (κ1) is 16.9. The van der Waals surface area contributed by atoms with Gasteiger partial charge in [0.05, 0.1) is 31.0 Å². The molecule has 0 saturated carbocycles. The van der Waals surface area contributed by atoms with Crippen molar-refractivity contribution in [1.29, 1.82) is 0 Å². The fourth-order valence-electron chi connectivity index (χ4n) is 3.45. The molecule has 8 heteroatoms. The van der Waals surface area contributed by atoms with E-state index in [0.29, 0.717) is 30.1 Å². The highest BCUT2D eigenvalue weighted by atomic mass is 16.5. The molecule has 1 aromatic carbocycles. The number of para-hydroxylation sites is 1. The normalized spacial score (nSPS) is 19.8. The van der Waals surface area contributed by atoms with Crippen molar-refractivity contribution in [1.82, 2.24) is 20.3 Å². The molecule has 2 N–H and O–H groups in total. The summed E-state index contributed by atoms with van der Waals surface area (Å²) in [6.07, 6.45) is 1.56. The number of carboxylic acid groups (broad SMARTS) is 1. The zero-order valence-electron chi connectivity index (χ0n) is 14.1. The van der Waals surface area contributed by atoms with Gasteiger partial charge in [0.25, 0.3) is 5.91 Å². The molecule has 1 amide bonds. The van der Waals surface area contributed by atoms with Crippen molar-refractivity contribution < 1.29 is 19.4 Å². The van der Waals surface area contributed by atoms with Gasteiger partial charge in [0.2, 0.25) is 0 Å². The van der Waals surface area contributed by atoms with Crippen LogP contribution in [0.2, 0.25) is 0 Å². The number of likely N-dealkylation sites (tertiary alicyclic amines) is 1. The minimum absolute atomic E-state index is 0.0216. The Morgan fingerprint density at radius 3 is 2.84 bits per heavy atom. The van der Waals surface area contributed by atoms with E-state index in [1.807, 2.05) is 19.1 Å². The van der Waals surface area contributed by atoms with Crippen LogP contribution in [-0.4, -0.2) is 57.5 Å². The SMILES string of the molecule is COc1c(C)cccc1C(=O)N1C[C@@H](CC(=O)O)[C@@H](c2cn[nH]n2)C1. The number of aromatic amines is 1. The highest BCUT2D eigenvalue weighted by Gasteiger charge is 2.39. The van der Waals surface area contributed by atoms with Crippen LogP contribution in [0.25, 0.3) is 0 Å². The highest BCUT2D eigenvalue weighted by molar-refractivity contribution is 5.97. The van der Waals surface area contributed by atoms with Crippen LogP contribution >= 0.6 is 0 Å². The molecule has 3 rings (SSSR count). The number of hydrogen-bond acceptors (Lipinski definition) is 5. The second kappa shape index (κ2) is 6.92. The quantitative estimate of drug-likeness (QED) is 0.850. The van der Waals surface area contributed by atoms with Gasteiger partial charge in [0, 0.05) is 19.0 Å². The lowest BCUT2D eigenvalue weighted by Crippen LogP contribution is -2.29. The van der Waals surface area contributed by atoms with E-state index in [0.717, 1.165) is 5.56 Å². The molecule has 2 heterocycles. The molecule has 8 nitrogen and oxygen atoms in total. The first-order valence-electron chi connectivity index (χ1n) is 8.01. The van der Waals surface area contributed by atoms with Crippen molar-refractivity contribution in [3.63, 3.8) is 0 Å². The van der Waals surface area contributed by atoms with Gasteiger partial charge in [-0.2, -0.15) is 15.4 Å². The summed E-state index contributed by atoms with van der Waals surface area (Å²) in [4.78, 5) is 25.8. The van der Waals surface area contributed by atoms with E-state index in [4.69, 9.17) is 4.74 Å². The number of carboxylic acids is 1.